The number of thiol groups is 4. The van der Waals surface area contributed by atoms with Crippen LogP contribution in [0.2, 0.25) is 9.88 Å². The van der Waals surface area contributed by atoms with E-state index in [1.165, 1.54) is 51.4 Å². The van der Waals surface area contributed by atoms with Crippen molar-refractivity contribution in [3.05, 3.63) is 0 Å². The van der Waals surface area contributed by atoms with Gasteiger partial charge in [0.1, 0.15) is 0 Å². The second-order valence-corrected chi connectivity index (χ2v) is 34.0. The maximum atomic E-state index is 10.7. The van der Waals surface area contributed by atoms with Crippen molar-refractivity contribution in [2.24, 2.45) is 23.7 Å². The van der Waals surface area contributed by atoms with Crippen molar-refractivity contribution in [3.8, 4) is 0 Å². The topological polar surface area (TPSA) is 105 Å². The maximum absolute atomic E-state index is 10.7. The number of hydrogen-bond donors (Lipinski definition) is 4. The fourth-order valence-corrected chi connectivity index (χ4v) is 38.4. The molecule has 0 aliphatic carbocycles. The van der Waals surface area contributed by atoms with Gasteiger partial charge in [0.15, 0.2) is 0 Å². The predicted molar refractivity (Wildman–Crippen MR) is 271 cm³/mol. The Bertz CT molecular complexity index is 744. The molecule has 0 aromatic heterocycles. The predicted octanol–water partition coefficient (Wildman–Crippen LogP) is 12.4. The zero-order chi connectivity index (χ0) is 45.2. The van der Waals surface area contributed by atoms with E-state index in [0.29, 0.717) is 26.4 Å². The van der Waals surface area contributed by atoms with Crippen molar-refractivity contribution in [2.45, 2.75) is 168 Å². The zero-order valence-corrected chi connectivity index (χ0v) is 49.1. The summed E-state index contributed by atoms with van der Waals surface area (Å²) in [5.74, 6) is 2.99. The first-order valence-corrected chi connectivity index (χ1v) is 38.7. The SMILES string of the molecule is CC(C)CCCCCOC(=O)CS.CC(C)CCCCCOC(=O)CS.CC(C)CCCCCOC(=O)CS.CC(C)CCCCCOC(=O)CS.[CH3][Sn][S][S][Sn][CH3]. The second-order valence-electron chi connectivity index (χ2n) is 15.1. The number of rotatable bonds is 31. The van der Waals surface area contributed by atoms with Crippen LogP contribution < -0.4 is 0 Å². The van der Waals surface area contributed by atoms with Crippen LogP contribution in [0.25, 0.3) is 0 Å². The molecule has 0 aliphatic heterocycles. The molecule has 0 aliphatic rings. The van der Waals surface area contributed by atoms with Crippen molar-refractivity contribution >= 4 is 130 Å². The third-order valence-corrected chi connectivity index (χ3v) is 35.2. The molecule has 58 heavy (non-hydrogen) atoms. The summed E-state index contributed by atoms with van der Waals surface area (Å²) >= 11 is 15.5. The molecule has 4 radical (unpaired) electrons. The van der Waals surface area contributed by atoms with Crippen LogP contribution in [0.15, 0.2) is 0 Å². The molecule has 0 aromatic rings. The van der Waals surface area contributed by atoms with Crippen molar-refractivity contribution in [1.82, 2.24) is 0 Å². The second kappa shape index (κ2) is 58.6. The molecule has 0 amide bonds. The molecule has 0 N–H and O–H groups in total. The van der Waals surface area contributed by atoms with Gasteiger partial charge < -0.3 is 18.9 Å². The monoisotopic (exact) mass is 1150 g/mol. The van der Waals surface area contributed by atoms with Crippen LogP contribution >= 0.6 is 66.5 Å². The van der Waals surface area contributed by atoms with Crippen LogP contribution in [0.4, 0.5) is 0 Å². The average Bonchev–Trinajstić information content (AvgIpc) is 3.19. The fraction of sp³-hybridized carbons (Fsp3) is 0.905. The number of hydrogen-bond acceptors (Lipinski definition) is 14. The summed E-state index contributed by atoms with van der Waals surface area (Å²) in [6, 6.07) is 0. The van der Waals surface area contributed by atoms with Crippen molar-refractivity contribution in [1.29, 1.82) is 0 Å². The Kier molecular flexibility index (Phi) is 69.3. The van der Waals surface area contributed by atoms with Crippen molar-refractivity contribution in [3.63, 3.8) is 0 Å². The van der Waals surface area contributed by atoms with Gasteiger partial charge in [-0.25, -0.2) is 0 Å². The summed E-state index contributed by atoms with van der Waals surface area (Å²) in [5, 5.41) is 0. The van der Waals surface area contributed by atoms with Gasteiger partial charge in [-0.2, -0.15) is 50.5 Å². The summed E-state index contributed by atoms with van der Waals surface area (Å²) in [6.07, 6.45) is 18.5. The third kappa shape index (κ3) is 78.1. The molecule has 0 atom stereocenters. The third-order valence-electron chi connectivity index (χ3n) is 7.48. The minimum absolute atomic E-state index is 0.112. The Hall–Kier alpha value is 1.58. The molecule has 0 unspecified atom stereocenters. The van der Waals surface area contributed by atoms with Gasteiger partial charge in [0.25, 0.3) is 0 Å². The van der Waals surface area contributed by atoms with Gasteiger partial charge in [0.2, 0.25) is 0 Å². The van der Waals surface area contributed by atoms with E-state index >= 15 is 0 Å². The summed E-state index contributed by atoms with van der Waals surface area (Å²) in [6.45, 7) is 20.0. The van der Waals surface area contributed by atoms with E-state index in [9.17, 15) is 19.2 Å². The van der Waals surface area contributed by atoms with E-state index in [2.05, 4.69) is 132 Å². The number of esters is 4. The van der Waals surface area contributed by atoms with Crippen molar-refractivity contribution in [2.75, 3.05) is 49.4 Å². The molecule has 0 rings (SSSR count). The summed E-state index contributed by atoms with van der Waals surface area (Å²) < 4.78 is 19.5. The van der Waals surface area contributed by atoms with Gasteiger partial charge in [-0.3, -0.25) is 19.2 Å². The van der Waals surface area contributed by atoms with Gasteiger partial charge in [-0.1, -0.05) is 132 Å². The molecule has 0 heterocycles. The van der Waals surface area contributed by atoms with E-state index in [1.54, 1.807) is 0 Å². The Morgan fingerprint density at radius 1 is 0.379 bits per heavy atom. The molecule has 8 nitrogen and oxygen atoms in total. The number of carbonyl (C=O) groups is 4. The van der Waals surface area contributed by atoms with Crippen LogP contribution in [-0.4, -0.2) is 113 Å². The van der Waals surface area contributed by atoms with Crippen molar-refractivity contribution < 1.29 is 38.1 Å². The van der Waals surface area contributed by atoms with Crippen LogP contribution in [-0.2, 0) is 38.1 Å². The van der Waals surface area contributed by atoms with Crippen LogP contribution in [0.5, 0.6) is 0 Å². The first-order valence-electron chi connectivity index (χ1n) is 21.3. The van der Waals surface area contributed by atoms with Gasteiger partial charge >= 0.3 is 89.2 Å². The normalized spacial score (nSPS) is 10.3. The minimum atomic E-state index is -0.216. The van der Waals surface area contributed by atoms with Gasteiger partial charge in [0, 0.05) is 0 Å². The van der Waals surface area contributed by atoms with E-state index in [0.717, 1.165) is 75.0 Å². The Balaban J connectivity index is -0.000000205. The molecule has 0 bridgehead atoms. The Labute approximate surface area is 405 Å². The van der Waals surface area contributed by atoms with E-state index < -0.39 is 0 Å². The Morgan fingerprint density at radius 3 is 0.707 bits per heavy atom. The molecule has 0 spiro atoms. The summed E-state index contributed by atoms with van der Waals surface area (Å²) in [4.78, 5) is 47.4. The number of ether oxygens (including phenoxy) is 4. The first-order chi connectivity index (χ1) is 27.6. The molecule has 0 saturated carbocycles. The van der Waals surface area contributed by atoms with Gasteiger partial charge in [0.05, 0.1) is 49.4 Å². The van der Waals surface area contributed by atoms with Gasteiger partial charge in [-0.05, 0) is 49.4 Å². The Morgan fingerprint density at radius 2 is 0.569 bits per heavy atom. The average molecular weight is 1150 g/mol. The zero-order valence-electron chi connectivity index (χ0n) is 38.2. The van der Waals surface area contributed by atoms with Gasteiger partial charge in [-0.15, -0.1) is 0 Å². The molecule has 16 heteroatoms. The van der Waals surface area contributed by atoms with E-state index in [-0.39, 0.29) is 86.4 Å². The fourth-order valence-electron chi connectivity index (χ4n) is 4.34. The first kappa shape index (κ1) is 68.6. The van der Waals surface area contributed by atoms with E-state index in [1.807, 2.05) is 0 Å². The summed E-state index contributed by atoms with van der Waals surface area (Å²) in [5.41, 5.74) is 0. The standard InChI is InChI=1S/4C10H20O2S.2CH3.S2.2Sn/c4*1-9(2)6-4-3-5-7-12-10(11)8-13;;;1-2;;/h4*9,13H,3-8H2,1-2H3;2*1H3;;;/q;;;;;;-2;2*+1. The molecule has 0 saturated heterocycles. The number of unbranched alkanes of at least 4 members (excludes halogenated alkanes) is 8. The summed E-state index contributed by atoms with van der Waals surface area (Å²) in [7, 11) is 4.34. The number of carbonyl (C=O) groups excluding carboxylic acids is 4. The molecule has 346 valence electrons. The molecular weight excluding hydrogens is 1060 g/mol. The molecule has 0 fully saturated rings. The van der Waals surface area contributed by atoms with Crippen LogP contribution in [0, 0.1) is 23.7 Å². The quantitative estimate of drug-likeness (QED) is 0.0134. The molecular formula is C42H86O8S6Sn2. The molecule has 0 aromatic carbocycles. The van der Waals surface area contributed by atoms with Crippen LogP contribution in [0.3, 0.4) is 0 Å². The van der Waals surface area contributed by atoms with E-state index in [4.69, 9.17) is 18.9 Å². The van der Waals surface area contributed by atoms with Crippen LogP contribution in [0.1, 0.15) is 158 Å².